The minimum Gasteiger partial charge on any atom is -0.496 e. The third kappa shape index (κ3) is 7.39. The van der Waals surface area contributed by atoms with Crippen LogP contribution in [-0.4, -0.2) is 71.8 Å². The third-order valence-corrected chi connectivity index (χ3v) is 9.25. The van der Waals surface area contributed by atoms with E-state index in [2.05, 4.69) is 6.58 Å². The zero-order chi connectivity index (χ0) is 36.0. The van der Waals surface area contributed by atoms with Crippen LogP contribution in [0.2, 0.25) is 0 Å². The van der Waals surface area contributed by atoms with Crippen LogP contribution in [-0.2, 0) is 16.1 Å². The molecule has 3 fully saturated rings. The summed E-state index contributed by atoms with van der Waals surface area (Å²) in [5.74, 6) is -1.80. The number of amides is 1. The number of hydrogen-bond acceptors (Lipinski definition) is 6. The summed E-state index contributed by atoms with van der Waals surface area (Å²) in [7, 11) is 1.34. The second kappa shape index (κ2) is 13.4. The summed E-state index contributed by atoms with van der Waals surface area (Å²) in [6.07, 6.45) is -9.99. The van der Waals surface area contributed by atoms with Gasteiger partial charge in [-0.25, -0.2) is 14.2 Å². The number of alkyl halides is 6. The Morgan fingerprint density at radius 2 is 1.78 bits per heavy atom. The standard InChI is InChI=1S/C34H34F7N3O5/c1-17(33(36,37)38)10-21(11-18(2)34(39,40)41)30-19(3)44(32(47)49-30)16-27-23(6-7-29(42-27)43-8-5-9-43)25-14-24(26(35)15-28(25)48-4)20-12-22(13-20)31(45)46/h6-7,10-11,14-15,19-20,22,30H,1,5,8-9,12-13,16H2,2-4H3,(H,45,46)/b18-11+,21-10+/t19-,20?,22?,30-/m0/s1. The van der Waals surface area contributed by atoms with E-state index in [1.54, 1.807) is 18.2 Å². The van der Waals surface area contributed by atoms with Crippen LogP contribution in [0.25, 0.3) is 11.1 Å². The van der Waals surface area contributed by atoms with Gasteiger partial charge in [-0.15, -0.1) is 0 Å². The van der Waals surface area contributed by atoms with E-state index < -0.39 is 65.0 Å². The van der Waals surface area contributed by atoms with Crippen molar-refractivity contribution in [3.63, 3.8) is 0 Å². The molecule has 1 amide bonds. The number of anilines is 1. The molecule has 0 bridgehead atoms. The Morgan fingerprint density at radius 3 is 2.33 bits per heavy atom. The van der Waals surface area contributed by atoms with E-state index in [0.29, 0.717) is 49.1 Å². The van der Waals surface area contributed by atoms with Gasteiger partial charge in [0.15, 0.2) is 0 Å². The number of allylic oxidation sites excluding steroid dienone is 3. The highest BCUT2D eigenvalue weighted by atomic mass is 19.4. The number of nitrogens with zero attached hydrogens (tertiary/aromatic N) is 3. The zero-order valence-electron chi connectivity index (χ0n) is 26.8. The first-order valence-corrected chi connectivity index (χ1v) is 15.4. The molecule has 1 aromatic carbocycles. The normalized spacial score (nSPS) is 23.2. The Labute approximate surface area is 277 Å². The van der Waals surface area contributed by atoms with Crippen molar-refractivity contribution >= 4 is 17.9 Å². The fraction of sp³-hybridized carbons (Fsp3) is 0.441. The molecule has 2 atom stereocenters. The average Bonchev–Trinajstić information content (AvgIpc) is 3.23. The van der Waals surface area contributed by atoms with Gasteiger partial charge in [0, 0.05) is 41.4 Å². The lowest BCUT2D eigenvalue weighted by Gasteiger charge is -2.34. The highest BCUT2D eigenvalue weighted by Crippen LogP contribution is 2.46. The largest absolute Gasteiger partial charge is 0.496 e. The predicted molar refractivity (Wildman–Crippen MR) is 164 cm³/mol. The topological polar surface area (TPSA) is 92.2 Å². The second-order valence-corrected chi connectivity index (χ2v) is 12.4. The lowest BCUT2D eigenvalue weighted by atomic mass is 9.71. The van der Waals surface area contributed by atoms with Gasteiger partial charge < -0.3 is 19.5 Å². The summed E-state index contributed by atoms with van der Waals surface area (Å²) in [5.41, 5.74) is -1.79. The van der Waals surface area contributed by atoms with Crippen LogP contribution in [0.1, 0.15) is 50.3 Å². The molecular formula is C34H34F7N3O5. The van der Waals surface area contributed by atoms with Crippen LogP contribution >= 0.6 is 0 Å². The Kier molecular flexibility index (Phi) is 9.77. The van der Waals surface area contributed by atoms with Crippen molar-refractivity contribution in [3.8, 4) is 16.9 Å². The summed E-state index contributed by atoms with van der Waals surface area (Å²) in [6, 6.07) is 5.15. The van der Waals surface area contributed by atoms with Crippen LogP contribution in [0.15, 0.2) is 59.7 Å². The Bertz CT molecular complexity index is 1710. The molecule has 1 aliphatic carbocycles. The predicted octanol–water partition coefficient (Wildman–Crippen LogP) is 7.95. The molecule has 2 aliphatic heterocycles. The van der Waals surface area contributed by atoms with Gasteiger partial charge >= 0.3 is 24.4 Å². The lowest BCUT2D eigenvalue weighted by molar-refractivity contribution is -0.145. The number of halogens is 7. The molecular weight excluding hydrogens is 663 g/mol. The van der Waals surface area contributed by atoms with Crippen LogP contribution < -0.4 is 9.64 Å². The number of benzene rings is 1. The average molecular weight is 698 g/mol. The first-order chi connectivity index (χ1) is 22.9. The van der Waals surface area contributed by atoms with Crippen molar-refractivity contribution in [2.24, 2.45) is 5.92 Å². The molecule has 15 heteroatoms. The number of carbonyl (C=O) groups excluding carboxylic acids is 1. The number of pyridine rings is 1. The number of ether oxygens (including phenoxy) is 2. The van der Waals surface area contributed by atoms with Crippen LogP contribution in [0, 0.1) is 11.7 Å². The summed E-state index contributed by atoms with van der Waals surface area (Å²) < 4.78 is 107. The molecule has 1 aromatic heterocycles. The molecule has 2 aromatic rings. The van der Waals surface area contributed by atoms with Gasteiger partial charge in [0.25, 0.3) is 0 Å². The monoisotopic (exact) mass is 697 g/mol. The van der Waals surface area contributed by atoms with E-state index in [9.17, 15) is 41.0 Å². The fourth-order valence-electron chi connectivity index (χ4n) is 6.06. The van der Waals surface area contributed by atoms with Crippen LogP contribution in [0.4, 0.5) is 41.3 Å². The van der Waals surface area contributed by atoms with E-state index in [4.69, 9.17) is 14.5 Å². The number of carboxylic acids is 1. The maximum atomic E-state index is 15.3. The molecule has 5 rings (SSSR count). The maximum Gasteiger partial charge on any atom is 0.415 e. The smallest absolute Gasteiger partial charge is 0.415 e. The molecule has 8 nitrogen and oxygen atoms in total. The minimum atomic E-state index is -4.95. The zero-order valence-corrected chi connectivity index (χ0v) is 26.8. The van der Waals surface area contributed by atoms with Gasteiger partial charge in [0.1, 0.15) is 23.5 Å². The summed E-state index contributed by atoms with van der Waals surface area (Å²) >= 11 is 0. The van der Waals surface area contributed by atoms with Gasteiger partial charge in [-0.2, -0.15) is 26.3 Å². The second-order valence-electron chi connectivity index (χ2n) is 12.4. The summed E-state index contributed by atoms with van der Waals surface area (Å²) in [5, 5.41) is 9.32. The lowest BCUT2D eigenvalue weighted by Crippen LogP contribution is -2.38. The van der Waals surface area contributed by atoms with E-state index in [1.807, 2.05) is 4.90 Å². The number of methoxy groups -OCH3 is 1. The summed E-state index contributed by atoms with van der Waals surface area (Å²) in [4.78, 5) is 32.6. The Balaban J connectivity index is 1.54. The number of carbonyl (C=O) groups is 2. The fourth-order valence-corrected chi connectivity index (χ4v) is 6.06. The molecule has 2 saturated heterocycles. The third-order valence-electron chi connectivity index (χ3n) is 9.25. The van der Waals surface area contributed by atoms with Crippen LogP contribution in [0.3, 0.4) is 0 Å². The first kappa shape index (κ1) is 35.7. The number of cyclic esters (lactones) is 1. The van der Waals surface area contributed by atoms with Crippen molar-refractivity contribution in [1.29, 1.82) is 0 Å². The molecule has 0 spiro atoms. The molecule has 1 saturated carbocycles. The molecule has 1 N–H and O–H groups in total. The van der Waals surface area contributed by atoms with Gasteiger partial charge in [-0.1, -0.05) is 6.58 Å². The van der Waals surface area contributed by atoms with Gasteiger partial charge in [0.05, 0.1) is 31.3 Å². The van der Waals surface area contributed by atoms with Gasteiger partial charge in [0.2, 0.25) is 0 Å². The van der Waals surface area contributed by atoms with Crippen molar-refractivity contribution in [2.45, 2.75) is 70.1 Å². The van der Waals surface area contributed by atoms with E-state index in [-0.39, 0.29) is 42.3 Å². The number of carboxylic acid groups (broad SMARTS) is 1. The van der Waals surface area contributed by atoms with Crippen molar-refractivity contribution in [1.82, 2.24) is 9.88 Å². The quantitative estimate of drug-likeness (QED) is 0.199. The van der Waals surface area contributed by atoms with E-state index in [0.717, 1.165) is 11.3 Å². The van der Waals surface area contributed by atoms with Crippen molar-refractivity contribution in [3.05, 3.63) is 76.8 Å². The molecule has 3 heterocycles. The first-order valence-electron chi connectivity index (χ1n) is 15.4. The van der Waals surface area contributed by atoms with Crippen molar-refractivity contribution < 1.29 is 54.9 Å². The number of aliphatic carboxylic acids is 1. The molecule has 3 aliphatic rings. The minimum absolute atomic E-state index is 0.133. The van der Waals surface area contributed by atoms with Crippen molar-refractivity contribution in [2.75, 3.05) is 25.1 Å². The highest BCUT2D eigenvalue weighted by molar-refractivity contribution is 5.77. The highest BCUT2D eigenvalue weighted by Gasteiger charge is 2.43. The number of aromatic nitrogens is 1. The van der Waals surface area contributed by atoms with Gasteiger partial charge in [-0.3, -0.25) is 9.69 Å². The summed E-state index contributed by atoms with van der Waals surface area (Å²) in [6.45, 7) is 6.22. The molecule has 0 unspecified atom stereocenters. The van der Waals surface area contributed by atoms with Gasteiger partial charge in [-0.05, 0) is 80.5 Å². The maximum absolute atomic E-state index is 15.3. The van der Waals surface area contributed by atoms with E-state index >= 15 is 4.39 Å². The Hall–Kier alpha value is -4.56. The molecule has 0 radical (unpaired) electrons. The molecule has 264 valence electrons. The number of hydrogen-bond donors (Lipinski definition) is 1. The molecule has 49 heavy (non-hydrogen) atoms. The van der Waals surface area contributed by atoms with Crippen LogP contribution in [0.5, 0.6) is 5.75 Å². The SMILES string of the molecule is C=C(/C=C(\C=C(/C)C(F)(F)F)[C@H]1OC(=O)N(Cc2nc(N3CCC3)ccc2-c2cc(C3CC(C(=O)O)C3)c(F)cc2OC)[C@H]1C)C(F)(F)F. The van der Waals surface area contributed by atoms with E-state index in [1.165, 1.54) is 20.1 Å². The Morgan fingerprint density at radius 1 is 1.10 bits per heavy atom. The number of rotatable bonds is 10.